The third kappa shape index (κ3) is 4.27. The number of sulfonamides is 1. The SMILES string of the molecule is O=S(=O)(NCCc1csc(-c2ccncc2)n1)c1ccc(Br)cc1. The monoisotopic (exact) mass is 423 g/mol. The summed E-state index contributed by atoms with van der Waals surface area (Å²) in [5, 5.41) is 2.85. The third-order valence-electron chi connectivity index (χ3n) is 3.28. The summed E-state index contributed by atoms with van der Waals surface area (Å²) in [6, 6.07) is 10.3. The number of thiazole rings is 1. The molecule has 0 unspecified atom stereocenters. The second-order valence-electron chi connectivity index (χ2n) is 4.98. The van der Waals surface area contributed by atoms with Crippen molar-refractivity contribution in [2.75, 3.05) is 6.54 Å². The second kappa shape index (κ2) is 7.52. The summed E-state index contributed by atoms with van der Waals surface area (Å²) in [5.74, 6) is 0. The van der Waals surface area contributed by atoms with E-state index in [0.717, 1.165) is 20.7 Å². The fraction of sp³-hybridized carbons (Fsp3) is 0.125. The van der Waals surface area contributed by atoms with E-state index in [-0.39, 0.29) is 4.90 Å². The number of aromatic nitrogens is 2. The lowest BCUT2D eigenvalue weighted by Crippen LogP contribution is -2.26. The molecule has 0 aliphatic rings. The van der Waals surface area contributed by atoms with Gasteiger partial charge in [-0.3, -0.25) is 4.98 Å². The van der Waals surface area contributed by atoms with Crippen molar-refractivity contribution in [1.29, 1.82) is 0 Å². The van der Waals surface area contributed by atoms with Crippen molar-refractivity contribution in [3.63, 3.8) is 0 Å². The zero-order valence-corrected chi connectivity index (χ0v) is 15.7. The van der Waals surface area contributed by atoms with E-state index in [0.29, 0.717) is 13.0 Å². The highest BCUT2D eigenvalue weighted by molar-refractivity contribution is 9.10. The zero-order valence-electron chi connectivity index (χ0n) is 12.5. The maximum absolute atomic E-state index is 12.2. The Balaban J connectivity index is 1.60. The quantitative estimate of drug-likeness (QED) is 0.658. The average Bonchev–Trinajstić information content (AvgIpc) is 3.05. The van der Waals surface area contributed by atoms with Crippen LogP contribution >= 0.6 is 27.3 Å². The van der Waals surface area contributed by atoms with Crippen molar-refractivity contribution in [1.82, 2.24) is 14.7 Å². The Morgan fingerprint density at radius 3 is 2.50 bits per heavy atom. The molecule has 0 radical (unpaired) electrons. The molecule has 2 aromatic heterocycles. The minimum atomic E-state index is -3.50. The highest BCUT2D eigenvalue weighted by Gasteiger charge is 2.13. The molecule has 3 aromatic rings. The van der Waals surface area contributed by atoms with E-state index >= 15 is 0 Å². The fourth-order valence-electron chi connectivity index (χ4n) is 2.06. The molecule has 0 aliphatic carbocycles. The number of halogens is 1. The molecule has 0 aliphatic heterocycles. The Morgan fingerprint density at radius 1 is 1.08 bits per heavy atom. The van der Waals surface area contributed by atoms with Crippen LogP contribution in [0.1, 0.15) is 5.69 Å². The molecule has 3 rings (SSSR count). The predicted molar refractivity (Wildman–Crippen MR) is 98.4 cm³/mol. The van der Waals surface area contributed by atoms with Gasteiger partial charge < -0.3 is 0 Å². The highest BCUT2D eigenvalue weighted by atomic mass is 79.9. The lowest BCUT2D eigenvalue weighted by molar-refractivity contribution is 0.581. The predicted octanol–water partition coefficient (Wildman–Crippen LogP) is 3.49. The molecule has 124 valence electrons. The van der Waals surface area contributed by atoms with Crippen LogP contribution < -0.4 is 4.72 Å². The number of hydrogen-bond acceptors (Lipinski definition) is 5. The van der Waals surface area contributed by atoms with Crippen LogP contribution in [0.5, 0.6) is 0 Å². The molecule has 0 saturated heterocycles. The number of nitrogens with zero attached hydrogens (tertiary/aromatic N) is 2. The van der Waals surface area contributed by atoms with E-state index in [1.165, 1.54) is 11.3 Å². The largest absolute Gasteiger partial charge is 0.265 e. The van der Waals surface area contributed by atoms with Crippen molar-refractivity contribution in [2.45, 2.75) is 11.3 Å². The van der Waals surface area contributed by atoms with E-state index in [1.54, 1.807) is 36.7 Å². The van der Waals surface area contributed by atoms with Gasteiger partial charge in [-0.05, 0) is 36.4 Å². The molecule has 5 nitrogen and oxygen atoms in total. The maximum Gasteiger partial charge on any atom is 0.240 e. The van der Waals surface area contributed by atoms with Crippen LogP contribution in [0.2, 0.25) is 0 Å². The first-order chi connectivity index (χ1) is 11.5. The van der Waals surface area contributed by atoms with Crippen LogP contribution in [0, 0.1) is 0 Å². The molecule has 0 atom stereocenters. The zero-order chi connectivity index (χ0) is 17.0. The maximum atomic E-state index is 12.2. The van der Waals surface area contributed by atoms with Gasteiger partial charge >= 0.3 is 0 Å². The summed E-state index contributed by atoms with van der Waals surface area (Å²) in [7, 11) is -3.50. The minimum Gasteiger partial charge on any atom is -0.265 e. The Morgan fingerprint density at radius 2 is 1.79 bits per heavy atom. The first-order valence-electron chi connectivity index (χ1n) is 7.15. The smallest absolute Gasteiger partial charge is 0.240 e. The number of rotatable bonds is 6. The Labute approximate surface area is 153 Å². The number of pyridine rings is 1. The van der Waals surface area contributed by atoms with Crippen LogP contribution in [-0.2, 0) is 16.4 Å². The molecule has 1 N–H and O–H groups in total. The standard InChI is InChI=1S/C16H14BrN3O2S2/c17-13-1-3-15(4-2-13)24(21,22)19-10-7-14-11-23-16(20-14)12-5-8-18-9-6-12/h1-6,8-9,11,19H,7,10H2. The summed E-state index contributed by atoms with van der Waals surface area (Å²) in [6.45, 7) is 0.303. The van der Waals surface area contributed by atoms with E-state index in [4.69, 9.17) is 0 Å². The fourth-order valence-corrected chi connectivity index (χ4v) is 4.22. The van der Waals surface area contributed by atoms with Crippen molar-refractivity contribution in [2.24, 2.45) is 0 Å². The Hall–Kier alpha value is -1.61. The van der Waals surface area contributed by atoms with Gasteiger partial charge in [-0.15, -0.1) is 11.3 Å². The van der Waals surface area contributed by atoms with Gasteiger partial charge in [0.2, 0.25) is 10.0 Å². The van der Waals surface area contributed by atoms with Gasteiger partial charge in [0.15, 0.2) is 0 Å². The van der Waals surface area contributed by atoms with Crippen molar-refractivity contribution in [3.8, 4) is 10.6 Å². The number of hydrogen-bond donors (Lipinski definition) is 1. The van der Waals surface area contributed by atoms with Gasteiger partial charge in [0.05, 0.1) is 10.6 Å². The van der Waals surface area contributed by atoms with Crippen LogP contribution in [0.25, 0.3) is 10.6 Å². The second-order valence-corrected chi connectivity index (χ2v) is 8.52. The normalized spacial score (nSPS) is 11.5. The van der Waals surface area contributed by atoms with Gasteiger partial charge in [0.25, 0.3) is 0 Å². The molecule has 0 saturated carbocycles. The van der Waals surface area contributed by atoms with Crippen LogP contribution in [0.3, 0.4) is 0 Å². The van der Waals surface area contributed by atoms with E-state index in [9.17, 15) is 8.42 Å². The van der Waals surface area contributed by atoms with Gasteiger partial charge in [-0.2, -0.15) is 0 Å². The lowest BCUT2D eigenvalue weighted by atomic mass is 10.3. The molecule has 0 bridgehead atoms. The topological polar surface area (TPSA) is 72.0 Å². The summed E-state index contributed by atoms with van der Waals surface area (Å²) < 4.78 is 27.9. The van der Waals surface area contributed by atoms with Crippen molar-refractivity contribution in [3.05, 3.63) is 64.3 Å². The van der Waals surface area contributed by atoms with Crippen LogP contribution in [0.15, 0.2) is 63.5 Å². The van der Waals surface area contributed by atoms with Crippen LogP contribution in [-0.4, -0.2) is 24.9 Å². The molecule has 8 heteroatoms. The van der Waals surface area contributed by atoms with E-state index in [1.807, 2.05) is 17.5 Å². The molecule has 0 amide bonds. The summed E-state index contributed by atoms with van der Waals surface area (Å²) in [6.07, 6.45) is 3.99. The number of benzene rings is 1. The molecular formula is C16H14BrN3O2S2. The van der Waals surface area contributed by atoms with Gasteiger partial charge in [0.1, 0.15) is 5.01 Å². The van der Waals surface area contributed by atoms with Gasteiger partial charge in [-0.1, -0.05) is 15.9 Å². The highest BCUT2D eigenvalue weighted by Crippen LogP contribution is 2.23. The van der Waals surface area contributed by atoms with Crippen LogP contribution in [0.4, 0.5) is 0 Å². The first kappa shape index (κ1) is 17.2. The van der Waals surface area contributed by atoms with Gasteiger partial charge in [0, 0.05) is 40.8 Å². The van der Waals surface area contributed by atoms with E-state index < -0.39 is 10.0 Å². The molecule has 2 heterocycles. The first-order valence-corrected chi connectivity index (χ1v) is 10.3. The Bertz CT molecular complexity index is 910. The summed E-state index contributed by atoms with van der Waals surface area (Å²) in [5.41, 5.74) is 1.88. The average molecular weight is 424 g/mol. The number of nitrogens with one attached hydrogen (secondary N) is 1. The lowest BCUT2D eigenvalue weighted by Gasteiger charge is -2.06. The molecule has 0 spiro atoms. The van der Waals surface area contributed by atoms with Gasteiger partial charge in [-0.25, -0.2) is 18.1 Å². The minimum absolute atomic E-state index is 0.251. The van der Waals surface area contributed by atoms with Crippen molar-refractivity contribution < 1.29 is 8.42 Å². The summed E-state index contributed by atoms with van der Waals surface area (Å²) in [4.78, 5) is 8.77. The molecule has 24 heavy (non-hydrogen) atoms. The molecule has 1 aromatic carbocycles. The Kier molecular flexibility index (Phi) is 5.40. The van der Waals surface area contributed by atoms with Crippen molar-refractivity contribution >= 4 is 37.3 Å². The molecular weight excluding hydrogens is 410 g/mol. The summed E-state index contributed by atoms with van der Waals surface area (Å²) >= 11 is 4.83. The van der Waals surface area contributed by atoms with E-state index in [2.05, 4.69) is 30.6 Å². The molecule has 0 fully saturated rings. The third-order valence-corrected chi connectivity index (χ3v) is 6.22.